The molecular formula is C22H16F5N3O4. The molecule has 2 aromatic carbocycles. The van der Waals surface area contributed by atoms with E-state index >= 15 is 0 Å². The van der Waals surface area contributed by atoms with Gasteiger partial charge in [-0.05, 0) is 30.2 Å². The number of piperidine rings is 1. The number of amides is 4. The Morgan fingerprint density at radius 1 is 1.09 bits per heavy atom. The average Bonchev–Trinajstić information content (AvgIpc) is 3.06. The molecule has 12 heteroatoms. The van der Waals surface area contributed by atoms with Gasteiger partial charge in [0, 0.05) is 24.1 Å². The molecule has 2 N–H and O–H groups in total. The van der Waals surface area contributed by atoms with Gasteiger partial charge in [-0.25, -0.2) is 8.78 Å². The lowest BCUT2D eigenvalue weighted by atomic mass is 10.0. The minimum absolute atomic E-state index is 0.00652. The van der Waals surface area contributed by atoms with Gasteiger partial charge in [-0.15, -0.1) is 0 Å². The molecule has 2 atom stereocenters. The van der Waals surface area contributed by atoms with Crippen molar-refractivity contribution < 1.29 is 41.1 Å². The van der Waals surface area contributed by atoms with Crippen LogP contribution in [-0.4, -0.2) is 40.7 Å². The highest BCUT2D eigenvalue weighted by Crippen LogP contribution is 2.35. The molecule has 0 bridgehead atoms. The number of benzene rings is 2. The molecule has 2 aliphatic heterocycles. The van der Waals surface area contributed by atoms with Crippen molar-refractivity contribution in [1.82, 2.24) is 15.5 Å². The van der Waals surface area contributed by atoms with Gasteiger partial charge in [0.2, 0.25) is 11.8 Å². The number of imide groups is 1. The average molecular weight is 481 g/mol. The number of alkyl halides is 3. The molecule has 0 aromatic heterocycles. The summed E-state index contributed by atoms with van der Waals surface area (Å²) in [5.74, 6) is -5.83. The maximum absolute atomic E-state index is 14.7. The number of carbonyl (C=O) groups excluding carboxylic acids is 4. The van der Waals surface area contributed by atoms with Crippen LogP contribution >= 0.6 is 0 Å². The minimum atomic E-state index is -5.08. The van der Waals surface area contributed by atoms with Crippen molar-refractivity contribution in [3.05, 3.63) is 70.3 Å². The Morgan fingerprint density at radius 3 is 2.44 bits per heavy atom. The molecule has 2 unspecified atom stereocenters. The van der Waals surface area contributed by atoms with Gasteiger partial charge in [0.05, 0.1) is 5.56 Å². The van der Waals surface area contributed by atoms with E-state index in [-0.39, 0.29) is 30.5 Å². The fourth-order valence-corrected chi connectivity index (χ4v) is 4.02. The summed E-state index contributed by atoms with van der Waals surface area (Å²) < 4.78 is 69.4. The number of nitrogens with one attached hydrogen (secondary N) is 2. The first-order valence-corrected chi connectivity index (χ1v) is 10.1. The number of nitrogens with zero attached hydrogens (tertiary/aromatic N) is 1. The summed E-state index contributed by atoms with van der Waals surface area (Å²) in [4.78, 5) is 49.8. The Morgan fingerprint density at radius 2 is 1.79 bits per heavy atom. The molecule has 2 aliphatic rings. The smallest absolute Gasteiger partial charge is 0.337 e. The second-order valence-electron chi connectivity index (χ2n) is 7.86. The molecule has 0 spiro atoms. The molecule has 178 valence electrons. The summed E-state index contributed by atoms with van der Waals surface area (Å²) in [6, 6.07) is 1.90. The van der Waals surface area contributed by atoms with Gasteiger partial charge in [0.25, 0.3) is 11.8 Å². The maximum atomic E-state index is 14.7. The number of hydrogen-bond acceptors (Lipinski definition) is 4. The lowest BCUT2D eigenvalue weighted by Gasteiger charge is -2.29. The van der Waals surface area contributed by atoms with Crippen molar-refractivity contribution in [2.75, 3.05) is 0 Å². The van der Waals surface area contributed by atoms with Gasteiger partial charge in [0.15, 0.2) is 6.04 Å². The molecule has 4 rings (SSSR count). The van der Waals surface area contributed by atoms with Crippen LogP contribution in [0, 0.1) is 11.6 Å². The SMILES string of the molecule is O=C1CCC(N2Cc3cc(C(=O)NC(c4ccccc4F)C(F)(F)F)c(F)cc3C2=O)C(=O)N1. The summed E-state index contributed by atoms with van der Waals surface area (Å²) in [7, 11) is 0. The Bertz CT molecular complexity index is 1210. The van der Waals surface area contributed by atoms with Gasteiger partial charge < -0.3 is 10.2 Å². The molecule has 2 aromatic rings. The summed E-state index contributed by atoms with van der Waals surface area (Å²) >= 11 is 0. The normalized spacial score (nSPS) is 19.0. The summed E-state index contributed by atoms with van der Waals surface area (Å²) in [5.41, 5.74) is -1.65. The Hall–Kier alpha value is -3.83. The Labute approximate surface area is 188 Å². The first-order chi connectivity index (χ1) is 16.0. The van der Waals surface area contributed by atoms with Crippen LogP contribution in [-0.2, 0) is 16.1 Å². The first kappa shape index (κ1) is 23.3. The van der Waals surface area contributed by atoms with Crippen LogP contribution in [0.4, 0.5) is 22.0 Å². The van der Waals surface area contributed by atoms with E-state index < -0.39 is 64.7 Å². The highest BCUT2D eigenvalue weighted by atomic mass is 19.4. The zero-order valence-electron chi connectivity index (χ0n) is 17.2. The fourth-order valence-electron chi connectivity index (χ4n) is 4.02. The van der Waals surface area contributed by atoms with E-state index in [9.17, 15) is 41.1 Å². The first-order valence-electron chi connectivity index (χ1n) is 10.1. The third-order valence-corrected chi connectivity index (χ3v) is 5.67. The van der Waals surface area contributed by atoms with Crippen molar-refractivity contribution in [3.63, 3.8) is 0 Å². The zero-order valence-corrected chi connectivity index (χ0v) is 17.2. The third kappa shape index (κ3) is 4.22. The number of rotatable bonds is 4. The highest BCUT2D eigenvalue weighted by molar-refractivity contribution is 6.06. The van der Waals surface area contributed by atoms with Crippen molar-refractivity contribution in [3.8, 4) is 0 Å². The van der Waals surface area contributed by atoms with Gasteiger partial charge in [-0.3, -0.25) is 24.5 Å². The molecular weight excluding hydrogens is 465 g/mol. The predicted octanol–water partition coefficient (Wildman–Crippen LogP) is 2.76. The van der Waals surface area contributed by atoms with E-state index in [0.29, 0.717) is 6.07 Å². The van der Waals surface area contributed by atoms with E-state index in [1.54, 1.807) is 5.32 Å². The molecule has 0 radical (unpaired) electrons. The van der Waals surface area contributed by atoms with E-state index in [1.807, 2.05) is 0 Å². The lowest BCUT2D eigenvalue weighted by Crippen LogP contribution is -2.52. The van der Waals surface area contributed by atoms with Crippen LogP contribution in [0.5, 0.6) is 0 Å². The van der Waals surface area contributed by atoms with Crippen molar-refractivity contribution in [1.29, 1.82) is 0 Å². The molecule has 7 nitrogen and oxygen atoms in total. The van der Waals surface area contributed by atoms with E-state index in [4.69, 9.17) is 0 Å². The van der Waals surface area contributed by atoms with Crippen LogP contribution < -0.4 is 10.6 Å². The maximum Gasteiger partial charge on any atom is 0.412 e. The monoisotopic (exact) mass is 481 g/mol. The van der Waals surface area contributed by atoms with Gasteiger partial charge in [-0.1, -0.05) is 18.2 Å². The van der Waals surface area contributed by atoms with E-state index in [0.717, 1.165) is 29.2 Å². The van der Waals surface area contributed by atoms with Gasteiger partial charge in [0.1, 0.15) is 17.7 Å². The lowest BCUT2D eigenvalue weighted by molar-refractivity contribution is -0.155. The largest absolute Gasteiger partial charge is 0.412 e. The standard InChI is InChI=1S/C22H16F5N3O4/c23-14-4-2-1-3-11(14)18(22(25,26)27)29-19(32)13-7-10-9-30(21(34)12(10)8-15(13)24)16-5-6-17(31)28-20(16)33/h1-4,7-8,16,18H,5-6,9H2,(H,29,32)(H,28,31,33). The van der Waals surface area contributed by atoms with E-state index in [2.05, 4.69) is 5.32 Å². The Kier molecular flexibility index (Phi) is 5.84. The summed E-state index contributed by atoms with van der Waals surface area (Å²) in [6.45, 7) is -0.211. The topological polar surface area (TPSA) is 95.6 Å². The molecule has 1 saturated heterocycles. The number of fused-ring (bicyclic) bond motifs is 1. The second kappa shape index (κ2) is 8.50. The summed E-state index contributed by atoms with van der Waals surface area (Å²) in [6.07, 6.45) is -5.03. The molecule has 0 saturated carbocycles. The van der Waals surface area contributed by atoms with Crippen molar-refractivity contribution in [2.24, 2.45) is 0 Å². The van der Waals surface area contributed by atoms with Crippen LogP contribution in [0.15, 0.2) is 36.4 Å². The van der Waals surface area contributed by atoms with Crippen LogP contribution in [0.3, 0.4) is 0 Å². The molecule has 1 fully saturated rings. The summed E-state index contributed by atoms with van der Waals surface area (Å²) in [5, 5.41) is 3.72. The fraction of sp³-hybridized carbons (Fsp3) is 0.273. The van der Waals surface area contributed by atoms with Gasteiger partial charge >= 0.3 is 6.18 Å². The Balaban J connectivity index is 1.61. The quantitative estimate of drug-likeness (QED) is 0.519. The van der Waals surface area contributed by atoms with Crippen molar-refractivity contribution >= 4 is 23.6 Å². The van der Waals surface area contributed by atoms with Crippen LogP contribution in [0.1, 0.15) is 50.7 Å². The minimum Gasteiger partial charge on any atom is -0.337 e. The molecule has 2 heterocycles. The number of carbonyl (C=O) groups is 4. The molecule has 34 heavy (non-hydrogen) atoms. The van der Waals surface area contributed by atoms with Crippen LogP contribution in [0.2, 0.25) is 0 Å². The molecule has 0 aliphatic carbocycles. The van der Waals surface area contributed by atoms with Crippen LogP contribution in [0.25, 0.3) is 0 Å². The number of hydrogen-bond donors (Lipinski definition) is 2. The van der Waals surface area contributed by atoms with Crippen molar-refractivity contribution in [2.45, 2.75) is 37.6 Å². The second-order valence-corrected chi connectivity index (χ2v) is 7.86. The number of halogens is 5. The highest BCUT2D eigenvalue weighted by Gasteiger charge is 2.44. The van der Waals surface area contributed by atoms with Gasteiger partial charge in [-0.2, -0.15) is 13.2 Å². The molecule has 4 amide bonds. The van der Waals surface area contributed by atoms with E-state index in [1.165, 1.54) is 6.07 Å². The zero-order chi connectivity index (χ0) is 24.8. The third-order valence-electron chi connectivity index (χ3n) is 5.67. The predicted molar refractivity (Wildman–Crippen MR) is 105 cm³/mol.